The molecular weight excluding hydrogens is 418 g/mol. The summed E-state index contributed by atoms with van der Waals surface area (Å²) in [6.07, 6.45) is 2.42. The van der Waals surface area contributed by atoms with Crippen LogP contribution < -0.4 is 14.9 Å². The number of nitrogens with one attached hydrogen (secondary N) is 1. The number of piperidine rings is 1. The van der Waals surface area contributed by atoms with Crippen molar-refractivity contribution in [2.24, 2.45) is 11.0 Å². The van der Waals surface area contributed by atoms with E-state index in [1.165, 1.54) is 10.5 Å². The third-order valence-corrected chi connectivity index (χ3v) is 7.19. The van der Waals surface area contributed by atoms with Crippen molar-refractivity contribution in [3.63, 3.8) is 0 Å². The number of amides is 1. The predicted octanol–water partition coefficient (Wildman–Crippen LogP) is 2.56. The van der Waals surface area contributed by atoms with Crippen molar-refractivity contribution < 1.29 is 22.7 Å². The van der Waals surface area contributed by atoms with E-state index in [9.17, 15) is 13.2 Å². The van der Waals surface area contributed by atoms with Gasteiger partial charge in [-0.25, -0.2) is 13.8 Å². The molecule has 3 rings (SSSR count). The summed E-state index contributed by atoms with van der Waals surface area (Å²) in [6, 6.07) is 12.1. The second-order valence-corrected chi connectivity index (χ2v) is 9.28. The summed E-state index contributed by atoms with van der Waals surface area (Å²) in [5.41, 5.74) is 4.30. The summed E-state index contributed by atoms with van der Waals surface area (Å²) in [6.45, 7) is 2.51. The molecule has 2 aromatic carbocycles. The molecule has 2 aromatic rings. The number of hydrogen-bond donors (Lipinski definition) is 1. The average molecular weight is 446 g/mol. The van der Waals surface area contributed by atoms with Crippen LogP contribution in [-0.2, 0) is 14.8 Å². The summed E-state index contributed by atoms with van der Waals surface area (Å²) < 4.78 is 37.4. The number of aryl methyl sites for hydroxylation is 1. The molecule has 9 heteroatoms. The fraction of sp³-hybridized carbons (Fsp3) is 0.364. The lowest BCUT2D eigenvalue weighted by molar-refractivity contribution is -0.126. The van der Waals surface area contributed by atoms with Crippen LogP contribution in [0, 0.1) is 12.8 Å². The van der Waals surface area contributed by atoms with E-state index < -0.39 is 10.0 Å². The Kier molecular flexibility index (Phi) is 7.29. The minimum absolute atomic E-state index is 0.218. The Balaban J connectivity index is 1.54. The SMILES string of the molecule is COc1ccc(/C=N\NC(=O)C2CCN(S(=O)(=O)c3ccc(C)cc3)CC2)cc1OC. The van der Waals surface area contributed by atoms with Gasteiger partial charge in [-0.1, -0.05) is 17.7 Å². The van der Waals surface area contributed by atoms with Gasteiger partial charge in [0.05, 0.1) is 25.3 Å². The third-order valence-electron chi connectivity index (χ3n) is 5.28. The van der Waals surface area contributed by atoms with Crippen molar-refractivity contribution in [1.29, 1.82) is 0 Å². The Morgan fingerprint density at radius 2 is 1.71 bits per heavy atom. The lowest BCUT2D eigenvalue weighted by Crippen LogP contribution is -2.42. The van der Waals surface area contributed by atoms with Gasteiger partial charge in [0.15, 0.2) is 11.5 Å². The minimum Gasteiger partial charge on any atom is -0.493 e. The van der Waals surface area contributed by atoms with Crippen molar-refractivity contribution in [2.75, 3.05) is 27.3 Å². The standard InChI is InChI=1S/C22H27N3O5S/c1-16-4-7-19(8-5-16)31(27,28)25-12-10-18(11-13-25)22(26)24-23-15-17-6-9-20(29-2)21(14-17)30-3/h4-9,14-15,18H,10-13H2,1-3H3,(H,24,26)/b23-15-. The molecule has 1 aliphatic rings. The first-order valence-corrected chi connectivity index (χ1v) is 11.4. The van der Waals surface area contributed by atoms with Gasteiger partial charge in [0.1, 0.15) is 0 Å². The lowest BCUT2D eigenvalue weighted by Gasteiger charge is -2.30. The molecule has 1 saturated heterocycles. The van der Waals surface area contributed by atoms with Crippen molar-refractivity contribution in [2.45, 2.75) is 24.7 Å². The summed E-state index contributed by atoms with van der Waals surface area (Å²) in [5, 5.41) is 4.02. The van der Waals surface area contributed by atoms with Crippen LogP contribution in [0.4, 0.5) is 0 Å². The Morgan fingerprint density at radius 1 is 1.06 bits per heavy atom. The van der Waals surface area contributed by atoms with Gasteiger partial charge < -0.3 is 9.47 Å². The first-order chi connectivity index (χ1) is 14.8. The number of nitrogens with zero attached hydrogens (tertiary/aromatic N) is 2. The van der Waals surface area contributed by atoms with Crippen LogP contribution in [0.5, 0.6) is 11.5 Å². The quantitative estimate of drug-likeness (QED) is 0.522. The largest absolute Gasteiger partial charge is 0.493 e. The molecule has 1 aliphatic heterocycles. The van der Waals surface area contributed by atoms with Gasteiger partial charge in [-0.3, -0.25) is 4.79 Å². The fourth-order valence-electron chi connectivity index (χ4n) is 3.41. The van der Waals surface area contributed by atoms with E-state index in [4.69, 9.17) is 9.47 Å². The van der Waals surface area contributed by atoms with Crippen LogP contribution in [0.1, 0.15) is 24.0 Å². The molecule has 0 aromatic heterocycles. The highest BCUT2D eigenvalue weighted by atomic mass is 32.2. The van der Waals surface area contributed by atoms with Crippen molar-refractivity contribution in [1.82, 2.24) is 9.73 Å². The molecule has 1 amide bonds. The van der Waals surface area contributed by atoms with Crippen molar-refractivity contribution in [3.8, 4) is 11.5 Å². The van der Waals surface area contributed by atoms with Crippen LogP contribution in [0.15, 0.2) is 52.5 Å². The van der Waals surface area contributed by atoms with Gasteiger partial charge in [0.2, 0.25) is 15.9 Å². The second-order valence-electron chi connectivity index (χ2n) is 7.34. The van der Waals surface area contributed by atoms with Crippen molar-refractivity contribution in [3.05, 3.63) is 53.6 Å². The predicted molar refractivity (Wildman–Crippen MR) is 118 cm³/mol. The number of hydrogen-bond acceptors (Lipinski definition) is 6. The van der Waals surface area contributed by atoms with Gasteiger partial charge in [-0.2, -0.15) is 9.41 Å². The Bertz CT molecular complexity index is 1040. The van der Waals surface area contributed by atoms with E-state index in [2.05, 4.69) is 10.5 Å². The molecule has 0 unspecified atom stereocenters. The Morgan fingerprint density at radius 3 is 2.32 bits per heavy atom. The molecule has 8 nitrogen and oxygen atoms in total. The van der Waals surface area contributed by atoms with E-state index in [1.807, 2.05) is 6.92 Å². The molecule has 1 N–H and O–H groups in total. The molecule has 1 fully saturated rings. The van der Waals surface area contributed by atoms with E-state index in [0.29, 0.717) is 37.4 Å². The molecule has 0 saturated carbocycles. The number of sulfonamides is 1. The van der Waals surface area contributed by atoms with Gasteiger partial charge in [0, 0.05) is 19.0 Å². The monoisotopic (exact) mass is 445 g/mol. The van der Waals surface area contributed by atoms with E-state index in [1.54, 1.807) is 56.7 Å². The van der Waals surface area contributed by atoms with Crippen LogP contribution >= 0.6 is 0 Å². The number of hydrazone groups is 1. The van der Waals surface area contributed by atoms with Crippen LogP contribution in [0.25, 0.3) is 0 Å². The number of carbonyl (C=O) groups is 1. The topological polar surface area (TPSA) is 97.3 Å². The molecule has 0 aliphatic carbocycles. The molecule has 31 heavy (non-hydrogen) atoms. The van der Waals surface area contributed by atoms with Crippen LogP contribution in [0.3, 0.4) is 0 Å². The highest BCUT2D eigenvalue weighted by molar-refractivity contribution is 7.89. The molecule has 0 atom stereocenters. The van der Waals surface area contributed by atoms with Gasteiger partial charge in [-0.15, -0.1) is 0 Å². The number of rotatable bonds is 7. The van der Waals surface area contributed by atoms with Crippen LogP contribution in [-0.4, -0.2) is 52.2 Å². The summed E-state index contributed by atoms with van der Waals surface area (Å²) in [5.74, 6) is 0.673. The Labute approximate surface area is 182 Å². The summed E-state index contributed by atoms with van der Waals surface area (Å²) in [7, 11) is -0.437. The first-order valence-electron chi connectivity index (χ1n) is 9.97. The summed E-state index contributed by atoms with van der Waals surface area (Å²) >= 11 is 0. The maximum atomic E-state index is 12.8. The molecule has 166 valence electrons. The first kappa shape index (κ1) is 22.8. The highest BCUT2D eigenvalue weighted by Crippen LogP contribution is 2.27. The number of ether oxygens (including phenoxy) is 2. The number of carbonyl (C=O) groups excluding carboxylic acids is 1. The second kappa shape index (κ2) is 9.93. The van der Waals surface area contributed by atoms with E-state index in [0.717, 1.165) is 11.1 Å². The van der Waals surface area contributed by atoms with E-state index in [-0.39, 0.29) is 16.7 Å². The number of benzene rings is 2. The van der Waals surface area contributed by atoms with Gasteiger partial charge in [0.25, 0.3) is 0 Å². The number of methoxy groups -OCH3 is 2. The fourth-order valence-corrected chi connectivity index (χ4v) is 4.88. The summed E-state index contributed by atoms with van der Waals surface area (Å²) in [4.78, 5) is 12.7. The third kappa shape index (κ3) is 5.42. The zero-order valence-corrected chi connectivity index (χ0v) is 18.7. The highest BCUT2D eigenvalue weighted by Gasteiger charge is 2.32. The van der Waals surface area contributed by atoms with E-state index >= 15 is 0 Å². The lowest BCUT2D eigenvalue weighted by atomic mass is 9.98. The maximum absolute atomic E-state index is 12.8. The molecular formula is C22H27N3O5S. The maximum Gasteiger partial charge on any atom is 0.243 e. The normalized spacial score (nSPS) is 15.7. The molecule has 1 heterocycles. The van der Waals surface area contributed by atoms with Crippen LogP contribution in [0.2, 0.25) is 0 Å². The molecule has 0 bridgehead atoms. The van der Waals surface area contributed by atoms with Crippen molar-refractivity contribution >= 4 is 22.1 Å². The zero-order valence-electron chi connectivity index (χ0n) is 17.9. The average Bonchev–Trinajstić information content (AvgIpc) is 2.79. The smallest absolute Gasteiger partial charge is 0.243 e. The zero-order chi connectivity index (χ0) is 22.4. The Hall–Kier alpha value is -2.91. The van der Waals surface area contributed by atoms with Gasteiger partial charge in [-0.05, 0) is 55.7 Å². The van der Waals surface area contributed by atoms with Gasteiger partial charge >= 0.3 is 0 Å². The minimum atomic E-state index is -3.54. The molecule has 0 radical (unpaired) electrons. The molecule has 0 spiro atoms.